The van der Waals surface area contributed by atoms with Crippen LogP contribution in [0.4, 0.5) is 5.69 Å². The van der Waals surface area contributed by atoms with Gasteiger partial charge in [0.15, 0.2) is 0 Å². The smallest absolute Gasteiger partial charge is 0.306 e. The second-order valence-corrected chi connectivity index (χ2v) is 7.38. The fourth-order valence-corrected chi connectivity index (χ4v) is 3.20. The van der Waals surface area contributed by atoms with E-state index in [0.29, 0.717) is 15.2 Å². The molecule has 1 rings (SSSR count). The van der Waals surface area contributed by atoms with Gasteiger partial charge >= 0.3 is 16.2 Å². The van der Waals surface area contributed by atoms with E-state index in [1.165, 1.54) is 20.2 Å². The van der Waals surface area contributed by atoms with Crippen molar-refractivity contribution in [3.05, 3.63) is 27.2 Å². The molecule has 9 heteroatoms. The van der Waals surface area contributed by atoms with Gasteiger partial charge in [0.2, 0.25) is 0 Å². The summed E-state index contributed by atoms with van der Waals surface area (Å²) in [6.07, 6.45) is -0.0241. The summed E-state index contributed by atoms with van der Waals surface area (Å²) in [6.45, 7) is 1.83. The normalized spacial score (nSPS) is 11.5. The Kier molecular flexibility index (Phi) is 6.45. The molecule has 1 N–H and O–H groups in total. The fraction of sp³-hybridized carbons (Fsp3) is 0.417. The van der Waals surface area contributed by atoms with E-state index in [0.717, 1.165) is 9.87 Å². The highest BCUT2D eigenvalue weighted by molar-refractivity contribution is 9.10. The van der Waals surface area contributed by atoms with E-state index >= 15 is 0 Å². The van der Waals surface area contributed by atoms with Crippen LogP contribution in [0.25, 0.3) is 0 Å². The summed E-state index contributed by atoms with van der Waals surface area (Å²) in [5, 5.41) is 0.452. The number of rotatable bonds is 6. The highest BCUT2D eigenvalue weighted by atomic mass is 79.9. The van der Waals surface area contributed by atoms with Crippen molar-refractivity contribution in [2.45, 2.75) is 13.3 Å². The van der Waals surface area contributed by atoms with Gasteiger partial charge in [0.25, 0.3) is 0 Å². The number of anilines is 1. The van der Waals surface area contributed by atoms with Gasteiger partial charge in [0, 0.05) is 23.1 Å². The SMILES string of the molecule is COC(=O)CCN(C)S(=O)(=O)Nc1cc(Cl)c(C)cc1Br. The molecule has 0 saturated carbocycles. The quantitative estimate of drug-likeness (QED) is 0.746. The molecule has 0 atom stereocenters. The van der Waals surface area contributed by atoms with Crippen LogP contribution in [-0.2, 0) is 19.7 Å². The number of hydrogen-bond donors (Lipinski definition) is 1. The average Bonchev–Trinajstić information content (AvgIpc) is 2.41. The Morgan fingerprint density at radius 1 is 1.48 bits per heavy atom. The van der Waals surface area contributed by atoms with Gasteiger partial charge in [0.1, 0.15) is 0 Å². The number of halogens is 2. The Bertz CT molecular complexity index is 636. The number of methoxy groups -OCH3 is 1. The average molecular weight is 400 g/mol. The Morgan fingerprint density at radius 3 is 2.67 bits per heavy atom. The van der Waals surface area contributed by atoms with Crippen LogP contribution in [0.2, 0.25) is 5.02 Å². The summed E-state index contributed by atoms with van der Waals surface area (Å²) < 4.78 is 32.8. The summed E-state index contributed by atoms with van der Waals surface area (Å²) in [5.74, 6) is -0.475. The van der Waals surface area contributed by atoms with Gasteiger partial charge in [-0.1, -0.05) is 11.6 Å². The summed E-state index contributed by atoms with van der Waals surface area (Å²) in [6, 6.07) is 3.24. The third-order valence-corrected chi connectivity index (χ3v) is 5.30. The number of nitrogens with zero attached hydrogens (tertiary/aromatic N) is 1. The Morgan fingerprint density at radius 2 is 2.10 bits per heavy atom. The van der Waals surface area contributed by atoms with Gasteiger partial charge in [-0.15, -0.1) is 0 Å². The zero-order chi connectivity index (χ0) is 16.2. The predicted octanol–water partition coefficient (Wildman–Crippen LogP) is 2.56. The minimum absolute atomic E-state index is 0.0131. The molecule has 0 bridgehead atoms. The molecule has 1 aromatic carbocycles. The maximum atomic E-state index is 12.1. The summed E-state index contributed by atoms with van der Waals surface area (Å²) in [5.41, 5.74) is 1.15. The molecule has 118 valence electrons. The summed E-state index contributed by atoms with van der Waals surface area (Å²) >= 11 is 9.26. The van der Waals surface area contributed by atoms with E-state index in [4.69, 9.17) is 11.6 Å². The number of nitrogens with one attached hydrogen (secondary N) is 1. The summed E-state index contributed by atoms with van der Waals surface area (Å²) in [7, 11) is -1.16. The zero-order valence-electron chi connectivity index (χ0n) is 11.8. The van der Waals surface area contributed by atoms with Crippen molar-refractivity contribution >= 4 is 49.4 Å². The monoisotopic (exact) mass is 398 g/mol. The van der Waals surface area contributed by atoms with Crippen LogP contribution in [0.3, 0.4) is 0 Å². The lowest BCUT2D eigenvalue weighted by molar-refractivity contribution is -0.140. The van der Waals surface area contributed by atoms with Crippen molar-refractivity contribution in [3.8, 4) is 0 Å². The minimum Gasteiger partial charge on any atom is -0.469 e. The standard InChI is InChI=1S/C12H16BrClN2O4S/c1-8-6-9(13)11(7-10(8)14)15-21(18,19)16(2)5-4-12(17)20-3/h6-7,15H,4-5H2,1-3H3. The minimum atomic E-state index is -3.78. The van der Waals surface area contributed by atoms with Crippen molar-refractivity contribution in [1.82, 2.24) is 4.31 Å². The number of aryl methyl sites for hydroxylation is 1. The number of benzene rings is 1. The van der Waals surface area contributed by atoms with Gasteiger partial charge in [-0.05, 0) is 40.5 Å². The van der Waals surface area contributed by atoms with Crippen LogP contribution in [0.15, 0.2) is 16.6 Å². The number of ether oxygens (including phenoxy) is 1. The molecule has 1 aromatic rings. The molecular formula is C12H16BrClN2O4S. The van der Waals surface area contributed by atoms with Crippen LogP contribution in [-0.4, -0.2) is 39.4 Å². The van der Waals surface area contributed by atoms with Crippen LogP contribution in [0.1, 0.15) is 12.0 Å². The molecule has 0 unspecified atom stereocenters. The molecule has 0 heterocycles. The molecular weight excluding hydrogens is 384 g/mol. The third-order valence-electron chi connectivity index (χ3n) is 2.76. The van der Waals surface area contributed by atoms with Crippen molar-refractivity contribution < 1.29 is 17.9 Å². The molecule has 0 spiro atoms. The fourth-order valence-electron chi connectivity index (χ4n) is 1.41. The van der Waals surface area contributed by atoms with Crippen LogP contribution < -0.4 is 4.72 Å². The molecule has 0 aromatic heterocycles. The molecule has 0 radical (unpaired) electrons. The Hall–Kier alpha value is -0.830. The number of hydrogen-bond acceptors (Lipinski definition) is 4. The second kappa shape index (κ2) is 7.44. The molecule has 0 aliphatic heterocycles. The molecule has 0 amide bonds. The lowest BCUT2D eigenvalue weighted by atomic mass is 10.2. The van der Waals surface area contributed by atoms with Gasteiger partial charge in [0.05, 0.1) is 19.2 Å². The van der Waals surface area contributed by atoms with E-state index in [1.54, 1.807) is 6.07 Å². The van der Waals surface area contributed by atoms with E-state index in [1.807, 2.05) is 6.92 Å². The first-order valence-electron chi connectivity index (χ1n) is 5.94. The van der Waals surface area contributed by atoms with Gasteiger partial charge in [-0.3, -0.25) is 9.52 Å². The maximum absolute atomic E-state index is 12.1. The van der Waals surface area contributed by atoms with Gasteiger partial charge in [-0.2, -0.15) is 12.7 Å². The van der Waals surface area contributed by atoms with Crippen LogP contribution >= 0.6 is 27.5 Å². The van der Waals surface area contributed by atoms with Crippen molar-refractivity contribution in [2.75, 3.05) is 25.4 Å². The molecule has 0 aliphatic carbocycles. The molecule has 0 aliphatic rings. The van der Waals surface area contributed by atoms with E-state index in [9.17, 15) is 13.2 Å². The molecule has 21 heavy (non-hydrogen) atoms. The lowest BCUT2D eigenvalue weighted by Crippen LogP contribution is -2.34. The molecule has 0 saturated heterocycles. The number of carbonyl (C=O) groups excluding carboxylic acids is 1. The first-order valence-corrected chi connectivity index (χ1v) is 8.55. The van der Waals surface area contributed by atoms with Gasteiger partial charge in [-0.25, -0.2) is 0 Å². The van der Waals surface area contributed by atoms with E-state index < -0.39 is 16.2 Å². The number of carbonyl (C=O) groups is 1. The van der Waals surface area contributed by atoms with Crippen LogP contribution in [0.5, 0.6) is 0 Å². The van der Waals surface area contributed by atoms with E-state index in [-0.39, 0.29) is 13.0 Å². The third kappa shape index (κ3) is 5.14. The first-order chi connectivity index (χ1) is 9.67. The first kappa shape index (κ1) is 18.2. The summed E-state index contributed by atoms with van der Waals surface area (Å²) in [4.78, 5) is 11.0. The number of esters is 1. The topological polar surface area (TPSA) is 75.7 Å². The zero-order valence-corrected chi connectivity index (χ0v) is 15.0. The predicted molar refractivity (Wildman–Crippen MR) is 85.7 cm³/mol. The van der Waals surface area contributed by atoms with Gasteiger partial charge < -0.3 is 4.74 Å². The van der Waals surface area contributed by atoms with Crippen molar-refractivity contribution in [2.24, 2.45) is 0 Å². The maximum Gasteiger partial charge on any atom is 0.306 e. The molecule has 0 fully saturated rings. The van der Waals surface area contributed by atoms with E-state index in [2.05, 4.69) is 25.4 Å². The lowest BCUT2D eigenvalue weighted by Gasteiger charge is -2.18. The molecule has 6 nitrogen and oxygen atoms in total. The Labute approximate surface area is 137 Å². The highest BCUT2D eigenvalue weighted by Crippen LogP contribution is 2.30. The van der Waals surface area contributed by atoms with Crippen LogP contribution in [0, 0.1) is 6.92 Å². The second-order valence-electron chi connectivity index (χ2n) is 4.34. The Balaban J connectivity index is 2.85. The van der Waals surface area contributed by atoms with Crippen molar-refractivity contribution in [1.29, 1.82) is 0 Å². The highest BCUT2D eigenvalue weighted by Gasteiger charge is 2.20. The largest absolute Gasteiger partial charge is 0.469 e. The van der Waals surface area contributed by atoms with Crippen molar-refractivity contribution in [3.63, 3.8) is 0 Å².